The van der Waals surface area contributed by atoms with Crippen LogP contribution in [-0.2, 0) is 16.0 Å². The fourth-order valence-electron chi connectivity index (χ4n) is 3.29. The van der Waals surface area contributed by atoms with Gasteiger partial charge in [-0.2, -0.15) is 10.2 Å². The molecule has 0 amide bonds. The number of carboxylic acid groups (broad SMARTS) is 1. The average Bonchev–Trinajstić information content (AvgIpc) is 2.74. The van der Waals surface area contributed by atoms with Gasteiger partial charge in [0.2, 0.25) is 0 Å². The molecule has 0 spiro atoms. The Kier molecular flexibility index (Phi) is 7.70. The molecule has 1 fully saturated rings. The van der Waals surface area contributed by atoms with Crippen LogP contribution in [0.15, 0.2) is 64.8 Å². The van der Waals surface area contributed by atoms with Gasteiger partial charge in [-0.25, -0.2) is 0 Å². The van der Waals surface area contributed by atoms with Gasteiger partial charge < -0.3 is 14.7 Å². The highest BCUT2D eigenvalue weighted by molar-refractivity contribution is 5.70. The molecule has 1 aliphatic heterocycles. The van der Waals surface area contributed by atoms with Gasteiger partial charge in [-0.05, 0) is 55.6 Å². The maximum atomic E-state index is 11.1. The molecular formula is C22H27N3O3. The summed E-state index contributed by atoms with van der Waals surface area (Å²) in [6, 6.07) is 17.7. The number of aliphatic carboxylic acids is 1. The third-order valence-corrected chi connectivity index (χ3v) is 4.92. The molecule has 1 atom stereocenters. The molecule has 1 N–H and O–H groups in total. The summed E-state index contributed by atoms with van der Waals surface area (Å²) in [6.07, 6.45) is 2.58. The highest BCUT2D eigenvalue weighted by Gasteiger charge is 2.24. The lowest BCUT2D eigenvalue weighted by atomic mass is 9.98. The molecule has 28 heavy (non-hydrogen) atoms. The molecule has 6 heteroatoms. The predicted octanol–water partition coefficient (Wildman–Crippen LogP) is 4.46. The van der Waals surface area contributed by atoms with E-state index in [1.54, 1.807) is 0 Å². The Morgan fingerprint density at radius 2 is 1.75 bits per heavy atom. The van der Waals surface area contributed by atoms with E-state index in [9.17, 15) is 4.79 Å². The van der Waals surface area contributed by atoms with Gasteiger partial charge in [0.05, 0.1) is 30.5 Å². The van der Waals surface area contributed by atoms with Crippen LogP contribution in [0.25, 0.3) is 0 Å². The van der Waals surface area contributed by atoms with E-state index in [1.165, 1.54) is 5.56 Å². The summed E-state index contributed by atoms with van der Waals surface area (Å²) in [5.41, 5.74) is 2.86. The molecule has 6 nitrogen and oxygen atoms in total. The van der Waals surface area contributed by atoms with Crippen LogP contribution >= 0.6 is 0 Å². The molecule has 0 bridgehead atoms. The molecule has 1 unspecified atom stereocenters. The molecule has 1 heterocycles. The van der Waals surface area contributed by atoms with Gasteiger partial charge in [-0.3, -0.25) is 4.79 Å². The minimum Gasteiger partial charge on any atom is -0.481 e. The third-order valence-electron chi connectivity index (χ3n) is 4.92. The smallest absolute Gasteiger partial charge is 0.307 e. The molecule has 0 aromatic heterocycles. The zero-order valence-electron chi connectivity index (χ0n) is 16.0. The highest BCUT2D eigenvalue weighted by atomic mass is 16.5. The van der Waals surface area contributed by atoms with Crippen LogP contribution in [-0.4, -0.2) is 48.8 Å². The number of rotatable bonds is 9. The molecule has 1 aliphatic rings. The first-order valence-electron chi connectivity index (χ1n) is 9.79. The summed E-state index contributed by atoms with van der Waals surface area (Å²) in [7, 11) is 0. The van der Waals surface area contributed by atoms with Crippen LogP contribution in [0, 0.1) is 5.92 Å². The molecule has 2 aromatic carbocycles. The van der Waals surface area contributed by atoms with Gasteiger partial charge in [0.15, 0.2) is 0 Å². The molecule has 1 saturated heterocycles. The molecule has 0 aliphatic carbocycles. The van der Waals surface area contributed by atoms with Crippen molar-refractivity contribution in [2.75, 3.05) is 32.8 Å². The van der Waals surface area contributed by atoms with Crippen LogP contribution in [0.5, 0.6) is 0 Å². The molecular weight excluding hydrogens is 354 g/mol. The summed E-state index contributed by atoms with van der Waals surface area (Å²) in [5, 5.41) is 17.6. The second kappa shape index (κ2) is 10.7. The number of piperidine rings is 1. The van der Waals surface area contributed by atoms with Crippen molar-refractivity contribution in [1.29, 1.82) is 0 Å². The Bertz CT molecular complexity index is 762. The number of nitrogens with zero attached hydrogens (tertiary/aromatic N) is 3. The van der Waals surface area contributed by atoms with Crippen molar-refractivity contribution >= 4 is 17.3 Å². The van der Waals surface area contributed by atoms with Crippen molar-refractivity contribution in [3.63, 3.8) is 0 Å². The van der Waals surface area contributed by atoms with E-state index in [0.29, 0.717) is 19.8 Å². The zero-order chi connectivity index (χ0) is 19.6. The Balaban J connectivity index is 1.34. The van der Waals surface area contributed by atoms with E-state index >= 15 is 0 Å². The summed E-state index contributed by atoms with van der Waals surface area (Å²) < 4.78 is 5.74. The largest absolute Gasteiger partial charge is 0.481 e. The normalized spacial score (nSPS) is 17.8. The standard InChI is InChI=1S/C22H27N3O3/c26-22(27)19-5-4-13-25(17-19)14-16-28-15-12-18-8-10-21(11-9-18)24-23-20-6-2-1-3-7-20/h1-3,6-11,19H,4-5,12-17H2,(H,26,27). The van der Waals surface area contributed by atoms with Crippen LogP contribution in [0.2, 0.25) is 0 Å². The van der Waals surface area contributed by atoms with E-state index in [4.69, 9.17) is 9.84 Å². The summed E-state index contributed by atoms with van der Waals surface area (Å²) in [6.45, 7) is 3.68. The minimum absolute atomic E-state index is 0.230. The summed E-state index contributed by atoms with van der Waals surface area (Å²) in [4.78, 5) is 13.3. The first-order chi connectivity index (χ1) is 13.7. The fourth-order valence-corrected chi connectivity index (χ4v) is 3.29. The Morgan fingerprint density at radius 1 is 1.04 bits per heavy atom. The maximum Gasteiger partial charge on any atom is 0.307 e. The second-order valence-electron chi connectivity index (χ2n) is 7.04. The SMILES string of the molecule is O=C(O)C1CCCN(CCOCCc2ccc(N=Nc3ccccc3)cc2)C1. The number of carboxylic acids is 1. The number of likely N-dealkylation sites (tertiary alicyclic amines) is 1. The number of hydrogen-bond donors (Lipinski definition) is 1. The predicted molar refractivity (Wildman–Crippen MR) is 108 cm³/mol. The number of carbonyl (C=O) groups is 1. The lowest BCUT2D eigenvalue weighted by Crippen LogP contribution is -2.40. The van der Waals surface area contributed by atoms with Gasteiger partial charge in [0.25, 0.3) is 0 Å². The Morgan fingerprint density at radius 3 is 2.46 bits per heavy atom. The first-order valence-corrected chi connectivity index (χ1v) is 9.79. The van der Waals surface area contributed by atoms with Crippen molar-refractivity contribution in [3.8, 4) is 0 Å². The molecule has 3 rings (SSSR count). The lowest BCUT2D eigenvalue weighted by molar-refractivity contribution is -0.143. The van der Waals surface area contributed by atoms with Gasteiger partial charge in [0.1, 0.15) is 0 Å². The maximum absolute atomic E-state index is 11.1. The van der Waals surface area contributed by atoms with E-state index < -0.39 is 5.97 Å². The summed E-state index contributed by atoms with van der Waals surface area (Å²) >= 11 is 0. The van der Waals surface area contributed by atoms with Gasteiger partial charge in [-0.15, -0.1) is 0 Å². The second-order valence-corrected chi connectivity index (χ2v) is 7.04. The molecule has 148 valence electrons. The van der Waals surface area contributed by atoms with Crippen molar-refractivity contribution in [2.45, 2.75) is 19.3 Å². The summed E-state index contributed by atoms with van der Waals surface area (Å²) in [5.74, 6) is -0.913. The Labute approximate surface area is 165 Å². The van der Waals surface area contributed by atoms with Gasteiger partial charge in [-0.1, -0.05) is 30.3 Å². The highest BCUT2D eigenvalue weighted by Crippen LogP contribution is 2.19. The fraction of sp³-hybridized carbons (Fsp3) is 0.409. The van der Waals surface area contributed by atoms with Crippen LogP contribution in [0.4, 0.5) is 11.4 Å². The quantitative estimate of drug-likeness (QED) is 0.514. The van der Waals surface area contributed by atoms with Gasteiger partial charge in [0, 0.05) is 13.1 Å². The van der Waals surface area contributed by atoms with Crippen LogP contribution < -0.4 is 0 Å². The van der Waals surface area contributed by atoms with E-state index in [-0.39, 0.29) is 5.92 Å². The monoisotopic (exact) mass is 381 g/mol. The number of benzene rings is 2. The minimum atomic E-state index is -0.683. The number of hydrogen-bond acceptors (Lipinski definition) is 5. The van der Waals surface area contributed by atoms with Crippen molar-refractivity contribution in [1.82, 2.24) is 4.90 Å². The molecule has 2 aromatic rings. The van der Waals surface area contributed by atoms with E-state index in [0.717, 1.165) is 43.7 Å². The van der Waals surface area contributed by atoms with Crippen molar-refractivity contribution < 1.29 is 14.6 Å². The van der Waals surface area contributed by atoms with Crippen molar-refractivity contribution in [2.24, 2.45) is 16.1 Å². The average molecular weight is 381 g/mol. The number of ether oxygens (including phenoxy) is 1. The van der Waals surface area contributed by atoms with Crippen LogP contribution in [0.3, 0.4) is 0 Å². The van der Waals surface area contributed by atoms with E-state index in [1.807, 2.05) is 54.6 Å². The van der Waals surface area contributed by atoms with Crippen LogP contribution in [0.1, 0.15) is 18.4 Å². The number of azo groups is 1. The lowest BCUT2D eigenvalue weighted by Gasteiger charge is -2.30. The zero-order valence-corrected chi connectivity index (χ0v) is 16.0. The van der Waals surface area contributed by atoms with E-state index in [2.05, 4.69) is 15.1 Å². The van der Waals surface area contributed by atoms with Crippen molar-refractivity contribution in [3.05, 3.63) is 60.2 Å². The molecule has 0 saturated carbocycles. The topological polar surface area (TPSA) is 74.5 Å². The first kappa shape index (κ1) is 20.2. The molecule has 0 radical (unpaired) electrons. The third kappa shape index (κ3) is 6.55. The Hall–Kier alpha value is -2.57. The van der Waals surface area contributed by atoms with Gasteiger partial charge >= 0.3 is 5.97 Å².